The highest BCUT2D eigenvalue weighted by atomic mass is 35.5. The van der Waals surface area contributed by atoms with Crippen LogP contribution in [0.1, 0.15) is 39.0 Å². The number of nitriles is 1. The van der Waals surface area contributed by atoms with Crippen molar-refractivity contribution >= 4 is 29.1 Å². The molecule has 1 N–H and O–H groups in total. The fourth-order valence-electron chi connectivity index (χ4n) is 4.15. The number of halogens is 4. The van der Waals surface area contributed by atoms with E-state index in [0.29, 0.717) is 10.5 Å². The summed E-state index contributed by atoms with van der Waals surface area (Å²) in [4.78, 5) is 27.4. The van der Waals surface area contributed by atoms with E-state index in [1.165, 1.54) is 47.4 Å². The molecule has 0 aliphatic carbocycles. The number of anilines is 1. The molecule has 1 aliphatic rings. The van der Waals surface area contributed by atoms with Crippen LogP contribution < -0.4 is 5.32 Å². The van der Waals surface area contributed by atoms with Gasteiger partial charge in [-0.05, 0) is 29.8 Å². The molecule has 7 nitrogen and oxygen atoms in total. The van der Waals surface area contributed by atoms with Crippen molar-refractivity contribution in [1.82, 2.24) is 14.7 Å². The van der Waals surface area contributed by atoms with E-state index in [-0.39, 0.29) is 27.4 Å². The van der Waals surface area contributed by atoms with Crippen LogP contribution in [0.4, 0.5) is 18.9 Å². The first-order valence-electron chi connectivity index (χ1n) is 10.0. The van der Waals surface area contributed by atoms with E-state index in [1.54, 1.807) is 19.2 Å². The van der Waals surface area contributed by atoms with Gasteiger partial charge in [0.2, 0.25) is 5.91 Å². The molecular formula is C23H17ClF3N5O2. The lowest BCUT2D eigenvalue weighted by Crippen LogP contribution is -2.49. The highest BCUT2D eigenvalue weighted by Crippen LogP contribution is 2.44. The van der Waals surface area contributed by atoms with E-state index in [0.717, 1.165) is 0 Å². The summed E-state index contributed by atoms with van der Waals surface area (Å²) >= 11 is 6.03. The van der Waals surface area contributed by atoms with Crippen LogP contribution in [-0.4, -0.2) is 39.2 Å². The second kappa shape index (κ2) is 8.83. The SMILES string of the molecule is Cn1cc(C2C(C(=O)Nc3cc(Cl)cc(C#N)c3)c3ccccc3C(=O)N2CC(F)(F)F)cn1. The van der Waals surface area contributed by atoms with Gasteiger partial charge in [-0.3, -0.25) is 14.3 Å². The van der Waals surface area contributed by atoms with Crippen LogP contribution in [-0.2, 0) is 11.8 Å². The Labute approximate surface area is 197 Å². The van der Waals surface area contributed by atoms with Gasteiger partial charge in [-0.25, -0.2) is 0 Å². The second-order valence-corrected chi connectivity index (χ2v) is 8.27. The summed E-state index contributed by atoms with van der Waals surface area (Å²) in [7, 11) is 1.58. The van der Waals surface area contributed by atoms with Crippen molar-refractivity contribution < 1.29 is 22.8 Å². The highest BCUT2D eigenvalue weighted by molar-refractivity contribution is 6.31. The van der Waals surface area contributed by atoms with Crippen molar-refractivity contribution in [2.24, 2.45) is 7.05 Å². The minimum atomic E-state index is -4.70. The van der Waals surface area contributed by atoms with Crippen LogP contribution in [0.2, 0.25) is 5.02 Å². The van der Waals surface area contributed by atoms with Gasteiger partial charge in [0, 0.05) is 35.1 Å². The van der Waals surface area contributed by atoms with Gasteiger partial charge in [0.15, 0.2) is 0 Å². The van der Waals surface area contributed by atoms with Crippen molar-refractivity contribution in [3.63, 3.8) is 0 Å². The average molecular weight is 488 g/mol. The van der Waals surface area contributed by atoms with Crippen molar-refractivity contribution in [3.8, 4) is 6.07 Å². The van der Waals surface area contributed by atoms with Gasteiger partial charge in [0.1, 0.15) is 6.54 Å². The lowest BCUT2D eigenvalue weighted by molar-refractivity contribution is -0.148. The summed E-state index contributed by atoms with van der Waals surface area (Å²) in [6.45, 7) is -1.54. The number of aromatic nitrogens is 2. The molecule has 1 aliphatic heterocycles. The van der Waals surface area contributed by atoms with Gasteiger partial charge in [0.25, 0.3) is 5.91 Å². The Kier molecular flexibility index (Phi) is 6.06. The number of nitrogens with one attached hydrogen (secondary N) is 1. The first-order chi connectivity index (χ1) is 16.1. The summed E-state index contributed by atoms with van der Waals surface area (Å²) in [5.41, 5.74) is 0.981. The Morgan fingerprint density at radius 1 is 1.26 bits per heavy atom. The Balaban J connectivity index is 1.85. The summed E-state index contributed by atoms with van der Waals surface area (Å²) < 4.78 is 42.0. The van der Waals surface area contributed by atoms with Gasteiger partial charge in [0.05, 0.1) is 29.8 Å². The summed E-state index contributed by atoms with van der Waals surface area (Å²) in [5, 5.41) is 16.1. The first kappa shape index (κ1) is 23.3. The van der Waals surface area contributed by atoms with Crippen LogP contribution in [0.25, 0.3) is 0 Å². The normalized spacial score (nSPS) is 17.8. The third-order valence-electron chi connectivity index (χ3n) is 5.43. The number of nitrogens with zero attached hydrogens (tertiary/aromatic N) is 4. The number of carbonyl (C=O) groups excluding carboxylic acids is 2. The van der Waals surface area contributed by atoms with E-state index < -0.39 is 36.5 Å². The van der Waals surface area contributed by atoms with Crippen LogP contribution in [0, 0.1) is 11.3 Å². The number of benzene rings is 2. The molecule has 0 spiro atoms. The highest BCUT2D eigenvalue weighted by Gasteiger charge is 2.48. The van der Waals surface area contributed by atoms with E-state index in [2.05, 4.69) is 10.4 Å². The van der Waals surface area contributed by atoms with Crippen LogP contribution in [0.15, 0.2) is 54.9 Å². The lowest BCUT2D eigenvalue weighted by Gasteiger charge is -2.41. The zero-order valence-electron chi connectivity index (χ0n) is 17.7. The average Bonchev–Trinajstić information content (AvgIpc) is 3.19. The lowest BCUT2D eigenvalue weighted by atomic mass is 9.79. The number of carbonyl (C=O) groups is 2. The molecule has 0 saturated carbocycles. The molecule has 4 rings (SSSR count). The molecular weight excluding hydrogens is 471 g/mol. The fourth-order valence-corrected chi connectivity index (χ4v) is 4.39. The predicted molar refractivity (Wildman–Crippen MR) is 117 cm³/mol. The number of hydrogen-bond donors (Lipinski definition) is 1. The molecule has 1 aromatic heterocycles. The molecule has 2 amide bonds. The standard InChI is InChI=1S/C23H17ClF3N5O2/c1-31-11-14(10-29-31)20-19(21(33)30-16-7-13(9-28)6-15(24)8-16)17-4-2-3-5-18(17)22(34)32(20)12-23(25,26)27/h2-8,10-11,19-20H,12H2,1H3,(H,30,33). The zero-order chi connectivity index (χ0) is 24.6. The van der Waals surface area contributed by atoms with Gasteiger partial charge >= 0.3 is 6.18 Å². The van der Waals surface area contributed by atoms with Crippen molar-refractivity contribution in [2.75, 3.05) is 11.9 Å². The largest absolute Gasteiger partial charge is 0.406 e. The van der Waals surface area contributed by atoms with Gasteiger partial charge < -0.3 is 10.2 Å². The summed E-state index contributed by atoms with van der Waals surface area (Å²) in [5.74, 6) is -2.68. The van der Waals surface area contributed by atoms with E-state index in [9.17, 15) is 28.0 Å². The molecule has 0 saturated heterocycles. The molecule has 174 valence electrons. The number of rotatable bonds is 4. The summed E-state index contributed by atoms with van der Waals surface area (Å²) in [6.07, 6.45) is -1.89. The molecule has 0 bridgehead atoms. The van der Waals surface area contributed by atoms with E-state index in [1.807, 2.05) is 6.07 Å². The smallest absolute Gasteiger partial charge is 0.325 e. The quantitative estimate of drug-likeness (QED) is 0.589. The number of aryl methyl sites for hydroxylation is 1. The molecule has 2 unspecified atom stereocenters. The Morgan fingerprint density at radius 3 is 2.65 bits per heavy atom. The molecule has 0 fully saturated rings. The van der Waals surface area contributed by atoms with Crippen molar-refractivity contribution in [2.45, 2.75) is 18.1 Å². The maximum Gasteiger partial charge on any atom is 0.406 e. The minimum Gasteiger partial charge on any atom is -0.325 e. The molecule has 2 atom stereocenters. The van der Waals surface area contributed by atoms with Gasteiger partial charge in [-0.1, -0.05) is 29.8 Å². The number of amides is 2. The first-order valence-corrected chi connectivity index (χ1v) is 10.4. The minimum absolute atomic E-state index is 0.0100. The van der Waals surface area contributed by atoms with Gasteiger partial charge in [-0.2, -0.15) is 23.5 Å². The molecule has 34 heavy (non-hydrogen) atoms. The second-order valence-electron chi connectivity index (χ2n) is 7.83. The van der Waals surface area contributed by atoms with Crippen LogP contribution in [0.3, 0.4) is 0 Å². The molecule has 0 radical (unpaired) electrons. The zero-order valence-corrected chi connectivity index (χ0v) is 18.4. The van der Waals surface area contributed by atoms with Crippen molar-refractivity contribution in [1.29, 1.82) is 5.26 Å². The molecule has 11 heteroatoms. The predicted octanol–water partition coefficient (Wildman–Crippen LogP) is 4.43. The molecule has 2 heterocycles. The third-order valence-corrected chi connectivity index (χ3v) is 5.65. The Hall–Kier alpha value is -3.84. The summed E-state index contributed by atoms with van der Waals surface area (Å²) in [6, 6.07) is 11.0. The number of fused-ring (bicyclic) bond motifs is 1. The topological polar surface area (TPSA) is 91.0 Å². The Morgan fingerprint density at radius 2 is 2.00 bits per heavy atom. The molecule has 3 aromatic rings. The van der Waals surface area contributed by atoms with Crippen LogP contribution >= 0.6 is 11.6 Å². The fraction of sp³-hybridized carbons (Fsp3) is 0.217. The Bertz CT molecular complexity index is 1310. The van der Waals surface area contributed by atoms with Crippen molar-refractivity contribution in [3.05, 3.63) is 82.1 Å². The number of alkyl halides is 3. The van der Waals surface area contributed by atoms with Gasteiger partial charge in [-0.15, -0.1) is 0 Å². The maximum atomic E-state index is 13.6. The van der Waals surface area contributed by atoms with E-state index >= 15 is 0 Å². The molecule has 2 aromatic carbocycles. The number of hydrogen-bond acceptors (Lipinski definition) is 4. The third kappa shape index (κ3) is 4.61. The van der Waals surface area contributed by atoms with Crippen LogP contribution in [0.5, 0.6) is 0 Å². The monoisotopic (exact) mass is 487 g/mol. The van der Waals surface area contributed by atoms with E-state index in [4.69, 9.17) is 11.6 Å². The maximum absolute atomic E-state index is 13.6.